The van der Waals surface area contributed by atoms with E-state index in [9.17, 15) is 9.90 Å². The van der Waals surface area contributed by atoms with E-state index in [1.54, 1.807) is 17.2 Å². The molecule has 2 aromatic heterocycles. The van der Waals surface area contributed by atoms with Gasteiger partial charge in [-0.25, -0.2) is 14.8 Å². The quantitative estimate of drug-likeness (QED) is 0.645. The second kappa shape index (κ2) is 8.55. The number of aromatic nitrogens is 3. The third-order valence-corrected chi connectivity index (χ3v) is 5.30. The average molecular weight is 416 g/mol. The zero-order chi connectivity index (χ0) is 20.2. The van der Waals surface area contributed by atoms with Gasteiger partial charge in [-0.1, -0.05) is 23.5 Å². The molecular formula is C18H20N6O4S. The molecule has 1 amide bonds. The number of methoxy groups -OCH3 is 1. The minimum absolute atomic E-state index is 0.264. The first kappa shape index (κ1) is 19.3. The van der Waals surface area contributed by atoms with Gasteiger partial charge < -0.3 is 14.7 Å². The monoisotopic (exact) mass is 416 g/mol. The fourth-order valence-corrected chi connectivity index (χ4v) is 3.84. The third kappa shape index (κ3) is 4.70. The molecule has 152 valence electrons. The molecule has 1 aromatic carbocycles. The van der Waals surface area contributed by atoms with Crippen LogP contribution in [0.1, 0.15) is 5.56 Å². The van der Waals surface area contributed by atoms with E-state index in [2.05, 4.69) is 25.2 Å². The standard InChI is InChI=1S/C18H20N6O4S/c1-27-15-14-16(20-11-19-15)29-17(21-14)22-18(26)28-24-7-5-23(6-8-24)10-12-3-2-4-13(25)9-12/h2-4,9,11,25H,5-8,10H2,1H3,(H,21,22,26). The number of hydroxylamine groups is 2. The molecule has 0 atom stereocenters. The van der Waals surface area contributed by atoms with Crippen LogP contribution in [0.25, 0.3) is 10.3 Å². The summed E-state index contributed by atoms with van der Waals surface area (Å²) in [6, 6.07) is 7.22. The van der Waals surface area contributed by atoms with E-state index >= 15 is 0 Å². The Kier molecular flexibility index (Phi) is 5.69. The topological polar surface area (TPSA) is 113 Å². The van der Waals surface area contributed by atoms with Gasteiger partial charge in [0.15, 0.2) is 15.5 Å². The zero-order valence-corrected chi connectivity index (χ0v) is 16.6. The molecule has 0 radical (unpaired) electrons. The van der Waals surface area contributed by atoms with E-state index in [1.807, 2.05) is 12.1 Å². The maximum atomic E-state index is 12.2. The number of carbonyl (C=O) groups excluding carboxylic acids is 1. The molecule has 0 spiro atoms. The van der Waals surface area contributed by atoms with Crippen molar-refractivity contribution in [3.63, 3.8) is 0 Å². The van der Waals surface area contributed by atoms with Crippen LogP contribution in [-0.2, 0) is 11.4 Å². The normalized spacial score (nSPS) is 15.3. The number of aromatic hydroxyl groups is 1. The van der Waals surface area contributed by atoms with Gasteiger partial charge in [0.25, 0.3) is 0 Å². The minimum Gasteiger partial charge on any atom is -0.508 e. The number of amides is 1. The van der Waals surface area contributed by atoms with Gasteiger partial charge in [0.05, 0.1) is 7.11 Å². The molecular weight excluding hydrogens is 396 g/mol. The highest BCUT2D eigenvalue weighted by atomic mass is 32.1. The lowest BCUT2D eigenvalue weighted by molar-refractivity contribution is -0.119. The molecule has 0 unspecified atom stereocenters. The number of anilines is 1. The molecule has 1 fully saturated rings. The number of fused-ring (bicyclic) bond motifs is 1. The molecule has 11 heteroatoms. The molecule has 0 aliphatic carbocycles. The molecule has 10 nitrogen and oxygen atoms in total. The molecule has 29 heavy (non-hydrogen) atoms. The number of nitrogens with zero attached hydrogens (tertiary/aromatic N) is 5. The second-order valence-corrected chi connectivity index (χ2v) is 7.41. The molecule has 3 aromatic rings. The maximum absolute atomic E-state index is 12.2. The summed E-state index contributed by atoms with van der Waals surface area (Å²) >= 11 is 1.22. The lowest BCUT2D eigenvalue weighted by Crippen LogP contribution is -2.46. The average Bonchev–Trinajstić information content (AvgIpc) is 3.11. The lowest BCUT2D eigenvalue weighted by atomic mass is 10.2. The number of rotatable bonds is 5. The fraction of sp³-hybridized carbons (Fsp3) is 0.333. The van der Waals surface area contributed by atoms with Crippen molar-refractivity contribution in [3.05, 3.63) is 36.2 Å². The number of phenols is 1. The summed E-state index contributed by atoms with van der Waals surface area (Å²) in [5.41, 5.74) is 1.54. The highest BCUT2D eigenvalue weighted by Gasteiger charge is 2.21. The molecule has 1 aliphatic heterocycles. The van der Waals surface area contributed by atoms with Crippen molar-refractivity contribution >= 4 is 32.9 Å². The smallest absolute Gasteiger partial charge is 0.432 e. The summed E-state index contributed by atoms with van der Waals surface area (Å²) in [5, 5.41) is 14.2. The third-order valence-electron chi connectivity index (χ3n) is 4.42. The van der Waals surface area contributed by atoms with Gasteiger partial charge in [0, 0.05) is 32.7 Å². The van der Waals surface area contributed by atoms with Gasteiger partial charge in [0.1, 0.15) is 12.1 Å². The molecule has 1 saturated heterocycles. The molecule has 1 aliphatic rings. The van der Waals surface area contributed by atoms with Crippen LogP contribution >= 0.6 is 11.3 Å². The molecule has 4 rings (SSSR count). The Labute approximate surface area is 170 Å². The maximum Gasteiger partial charge on any atom is 0.432 e. The van der Waals surface area contributed by atoms with E-state index in [0.717, 1.165) is 25.2 Å². The predicted molar refractivity (Wildman–Crippen MR) is 107 cm³/mol. The first-order chi connectivity index (χ1) is 14.1. The van der Waals surface area contributed by atoms with Crippen molar-refractivity contribution in [1.82, 2.24) is 24.9 Å². The summed E-state index contributed by atoms with van der Waals surface area (Å²) in [7, 11) is 1.50. The largest absolute Gasteiger partial charge is 0.508 e. The van der Waals surface area contributed by atoms with Crippen LogP contribution in [0.4, 0.5) is 9.93 Å². The number of thiazole rings is 1. The van der Waals surface area contributed by atoms with Crippen molar-refractivity contribution in [2.75, 3.05) is 38.6 Å². The van der Waals surface area contributed by atoms with Crippen LogP contribution in [0.2, 0.25) is 0 Å². The number of phenolic OH excluding ortho intramolecular Hbond substituents is 1. The summed E-state index contributed by atoms with van der Waals surface area (Å²) in [4.78, 5) is 32.9. The molecule has 2 N–H and O–H groups in total. The van der Waals surface area contributed by atoms with Gasteiger partial charge in [-0.2, -0.15) is 4.98 Å². The fourth-order valence-electron chi connectivity index (χ4n) is 3.06. The highest BCUT2D eigenvalue weighted by Crippen LogP contribution is 2.28. The molecule has 0 bridgehead atoms. The van der Waals surface area contributed by atoms with Gasteiger partial charge >= 0.3 is 6.09 Å². The Morgan fingerprint density at radius 3 is 2.86 bits per heavy atom. The van der Waals surface area contributed by atoms with Crippen molar-refractivity contribution in [2.24, 2.45) is 0 Å². The van der Waals surface area contributed by atoms with Crippen molar-refractivity contribution in [2.45, 2.75) is 6.54 Å². The zero-order valence-electron chi connectivity index (χ0n) is 15.7. The van der Waals surface area contributed by atoms with E-state index in [4.69, 9.17) is 9.57 Å². The minimum atomic E-state index is -0.600. The van der Waals surface area contributed by atoms with Crippen LogP contribution < -0.4 is 10.1 Å². The predicted octanol–water partition coefficient (Wildman–Crippen LogP) is 2.08. The summed E-state index contributed by atoms with van der Waals surface area (Å²) in [5.74, 6) is 0.620. The first-order valence-electron chi connectivity index (χ1n) is 9.00. The summed E-state index contributed by atoms with van der Waals surface area (Å²) < 4.78 is 5.15. The van der Waals surface area contributed by atoms with Crippen molar-refractivity contribution < 1.29 is 19.5 Å². The second-order valence-electron chi connectivity index (χ2n) is 6.43. The molecule has 0 saturated carbocycles. The number of hydrogen-bond donors (Lipinski definition) is 2. The Balaban J connectivity index is 1.28. The summed E-state index contributed by atoms with van der Waals surface area (Å²) in [6.07, 6.45) is 0.787. The first-order valence-corrected chi connectivity index (χ1v) is 9.82. The van der Waals surface area contributed by atoms with Gasteiger partial charge in [-0.15, -0.1) is 5.06 Å². The van der Waals surface area contributed by atoms with Gasteiger partial charge in [-0.05, 0) is 17.7 Å². The SMILES string of the molecule is COc1ncnc2sc(NC(=O)ON3CCN(Cc4cccc(O)c4)CC3)nc12. The van der Waals surface area contributed by atoms with Gasteiger partial charge in [-0.3, -0.25) is 10.2 Å². The number of hydrogen-bond acceptors (Lipinski definition) is 10. The van der Waals surface area contributed by atoms with Crippen LogP contribution in [0.15, 0.2) is 30.6 Å². The Hall–Kier alpha value is -3.02. The molecule has 3 heterocycles. The van der Waals surface area contributed by atoms with Crippen LogP contribution in [0, 0.1) is 0 Å². The number of carbonyl (C=O) groups is 1. The highest BCUT2D eigenvalue weighted by molar-refractivity contribution is 7.22. The van der Waals surface area contributed by atoms with E-state index in [1.165, 1.54) is 24.8 Å². The van der Waals surface area contributed by atoms with E-state index in [0.29, 0.717) is 34.4 Å². The number of ether oxygens (including phenoxy) is 1. The lowest BCUT2D eigenvalue weighted by Gasteiger charge is -2.33. The number of benzene rings is 1. The van der Waals surface area contributed by atoms with Crippen LogP contribution in [0.5, 0.6) is 11.6 Å². The van der Waals surface area contributed by atoms with Crippen LogP contribution in [0.3, 0.4) is 0 Å². The Morgan fingerprint density at radius 2 is 2.10 bits per heavy atom. The van der Waals surface area contributed by atoms with Crippen molar-refractivity contribution in [3.8, 4) is 11.6 Å². The number of piperazine rings is 1. The number of nitrogens with one attached hydrogen (secondary N) is 1. The van der Waals surface area contributed by atoms with Crippen molar-refractivity contribution in [1.29, 1.82) is 0 Å². The van der Waals surface area contributed by atoms with E-state index < -0.39 is 6.09 Å². The Morgan fingerprint density at radius 1 is 1.28 bits per heavy atom. The van der Waals surface area contributed by atoms with Gasteiger partial charge in [0.2, 0.25) is 5.88 Å². The Bertz CT molecular complexity index is 1000. The summed E-state index contributed by atoms with van der Waals surface area (Å²) in [6.45, 7) is 3.41. The van der Waals surface area contributed by atoms with E-state index in [-0.39, 0.29) is 5.75 Å². The van der Waals surface area contributed by atoms with Crippen LogP contribution in [-0.4, -0.2) is 69.4 Å².